The number of para-hydroxylation sites is 1. The lowest BCUT2D eigenvalue weighted by atomic mass is 10.0. The number of hydrogen-bond acceptors (Lipinski definition) is 8. The zero-order chi connectivity index (χ0) is 30.8. The van der Waals surface area contributed by atoms with Crippen LogP contribution in [0.4, 0.5) is 0 Å². The Labute approximate surface area is 246 Å². The molecule has 4 atom stereocenters. The molecule has 2 aromatic carbocycles. The van der Waals surface area contributed by atoms with Gasteiger partial charge in [-0.2, -0.15) is 12.6 Å². The Morgan fingerprint density at radius 2 is 1.45 bits per heavy atom. The molecule has 0 saturated carbocycles. The van der Waals surface area contributed by atoms with Crippen LogP contribution in [0.2, 0.25) is 0 Å². The number of amides is 3. The molecule has 9 N–H and O–H groups in total. The Bertz CT molecular complexity index is 1430. The lowest BCUT2D eigenvalue weighted by molar-refractivity contribution is -0.142. The second kappa shape index (κ2) is 14.9. The summed E-state index contributed by atoms with van der Waals surface area (Å²) in [5.74, 6) is -4.93. The van der Waals surface area contributed by atoms with Crippen LogP contribution in [0, 0.1) is 0 Å². The number of phenolic OH excluding ortho intramolecular Hbond substituents is 1. The summed E-state index contributed by atoms with van der Waals surface area (Å²) in [7, 11) is 0. The number of rotatable bonds is 15. The highest BCUT2D eigenvalue weighted by atomic mass is 32.1. The average Bonchev–Trinajstić information content (AvgIpc) is 3.37. The Balaban J connectivity index is 1.77. The number of hydrogen-bond donors (Lipinski definition) is 9. The third-order valence-corrected chi connectivity index (χ3v) is 6.91. The number of aromatic nitrogens is 1. The van der Waals surface area contributed by atoms with Crippen LogP contribution in [0.15, 0.2) is 54.7 Å². The van der Waals surface area contributed by atoms with Gasteiger partial charge in [-0.15, -0.1) is 0 Å². The van der Waals surface area contributed by atoms with Crippen molar-refractivity contribution in [2.24, 2.45) is 5.73 Å². The number of H-pyrrole nitrogens is 1. The number of fused-ring (bicyclic) bond motifs is 1. The van der Waals surface area contributed by atoms with E-state index in [4.69, 9.17) is 10.8 Å². The quantitative estimate of drug-likeness (QED) is 0.110. The molecule has 13 nitrogen and oxygen atoms in total. The number of carboxylic acids is 2. The van der Waals surface area contributed by atoms with Crippen LogP contribution in [0.3, 0.4) is 0 Å². The van der Waals surface area contributed by atoms with E-state index in [-0.39, 0.29) is 37.2 Å². The first-order valence-corrected chi connectivity index (χ1v) is 13.7. The molecule has 1 aromatic heterocycles. The standard InChI is InChI=1S/C28H33N5O8S/c29-19(9-10-24(35)36)25(37)33-23(14-42)27(39)31-21(11-15-5-7-17(34)8-6-15)26(38)32-22(28(40)41)12-16-13-30-20-4-2-1-3-18(16)20/h1-8,13,19,21-23,30,34,42H,9-12,14,29H2,(H,31,39)(H,32,38)(H,33,37)(H,35,36)(H,40,41). The van der Waals surface area contributed by atoms with Crippen LogP contribution in [-0.2, 0) is 36.8 Å². The molecule has 14 heteroatoms. The van der Waals surface area contributed by atoms with Gasteiger partial charge in [0.05, 0.1) is 6.04 Å². The highest BCUT2D eigenvalue weighted by molar-refractivity contribution is 7.80. The minimum atomic E-state index is -1.33. The number of carboxylic acid groups (broad SMARTS) is 2. The highest BCUT2D eigenvalue weighted by Gasteiger charge is 2.30. The minimum absolute atomic E-state index is 0.00876. The molecule has 1 heterocycles. The van der Waals surface area contributed by atoms with E-state index >= 15 is 0 Å². The van der Waals surface area contributed by atoms with Crippen LogP contribution >= 0.6 is 12.6 Å². The van der Waals surface area contributed by atoms with Gasteiger partial charge in [0, 0.05) is 42.1 Å². The van der Waals surface area contributed by atoms with Crippen molar-refractivity contribution in [1.82, 2.24) is 20.9 Å². The fourth-order valence-corrected chi connectivity index (χ4v) is 4.48. The first-order chi connectivity index (χ1) is 20.0. The lowest BCUT2D eigenvalue weighted by Gasteiger charge is -2.24. The number of thiol groups is 1. The van der Waals surface area contributed by atoms with Crippen LogP contribution in [0.5, 0.6) is 5.75 Å². The molecular weight excluding hydrogens is 566 g/mol. The van der Waals surface area contributed by atoms with E-state index in [0.29, 0.717) is 11.1 Å². The molecule has 0 aliphatic rings. The molecule has 0 fully saturated rings. The molecule has 4 unspecified atom stereocenters. The first-order valence-electron chi connectivity index (χ1n) is 13.0. The normalized spacial score (nSPS) is 13.9. The van der Waals surface area contributed by atoms with E-state index in [2.05, 4.69) is 33.6 Å². The van der Waals surface area contributed by atoms with Crippen LogP contribution in [0.1, 0.15) is 24.0 Å². The third-order valence-electron chi connectivity index (χ3n) is 6.54. The minimum Gasteiger partial charge on any atom is -0.508 e. The van der Waals surface area contributed by atoms with Gasteiger partial charge in [0.1, 0.15) is 23.9 Å². The van der Waals surface area contributed by atoms with Crippen molar-refractivity contribution in [2.75, 3.05) is 5.75 Å². The third kappa shape index (κ3) is 8.97. The Morgan fingerprint density at radius 3 is 2.10 bits per heavy atom. The fraction of sp³-hybridized carbons (Fsp3) is 0.321. The summed E-state index contributed by atoms with van der Waals surface area (Å²) in [4.78, 5) is 64.9. The zero-order valence-corrected chi connectivity index (χ0v) is 23.3. The number of nitrogens with two attached hydrogens (primary N) is 1. The van der Waals surface area contributed by atoms with Crippen LogP contribution < -0.4 is 21.7 Å². The average molecular weight is 600 g/mol. The van der Waals surface area contributed by atoms with E-state index in [1.165, 1.54) is 12.1 Å². The zero-order valence-electron chi connectivity index (χ0n) is 22.4. The smallest absolute Gasteiger partial charge is 0.326 e. The molecule has 0 spiro atoms. The molecule has 0 aliphatic carbocycles. The van der Waals surface area contributed by atoms with Crippen LogP contribution in [0.25, 0.3) is 10.9 Å². The Kier molecular flexibility index (Phi) is 11.3. The molecule has 42 heavy (non-hydrogen) atoms. The van der Waals surface area contributed by atoms with Gasteiger partial charge in [0.15, 0.2) is 0 Å². The van der Waals surface area contributed by atoms with E-state index in [9.17, 15) is 34.2 Å². The number of carbonyl (C=O) groups is 5. The number of aromatic amines is 1. The van der Waals surface area contributed by atoms with Gasteiger partial charge in [0.2, 0.25) is 17.7 Å². The van der Waals surface area contributed by atoms with E-state index in [0.717, 1.165) is 10.9 Å². The van der Waals surface area contributed by atoms with Gasteiger partial charge in [-0.3, -0.25) is 19.2 Å². The Hall–Kier alpha value is -4.56. The summed E-state index contributed by atoms with van der Waals surface area (Å²) >= 11 is 4.11. The number of aromatic hydroxyl groups is 1. The summed E-state index contributed by atoms with van der Waals surface area (Å²) in [5, 5.41) is 36.6. The van der Waals surface area contributed by atoms with Crippen molar-refractivity contribution >= 4 is 53.2 Å². The van der Waals surface area contributed by atoms with Gasteiger partial charge in [-0.05, 0) is 35.7 Å². The van der Waals surface area contributed by atoms with Gasteiger partial charge in [-0.25, -0.2) is 4.79 Å². The number of nitrogens with one attached hydrogen (secondary N) is 4. The van der Waals surface area contributed by atoms with Crippen molar-refractivity contribution in [3.63, 3.8) is 0 Å². The number of benzene rings is 2. The number of aliphatic carboxylic acids is 2. The predicted molar refractivity (Wildman–Crippen MR) is 156 cm³/mol. The monoisotopic (exact) mass is 599 g/mol. The predicted octanol–water partition coefficient (Wildman–Crippen LogP) is 0.320. The molecular formula is C28H33N5O8S. The molecule has 224 valence electrons. The van der Waals surface area contributed by atoms with Crippen molar-refractivity contribution < 1.29 is 39.3 Å². The summed E-state index contributed by atoms with van der Waals surface area (Å²) in [6.07, 6.45) is 1.08. The van der Waals surface area contributed by atoms with Crippen molar-refractivity contribution in [1.29, 1.82) is 0 Å². The van der Waals surface area contributed by atoms with E-state index < -0.39 is 53.8 Å². The molecule has 0 bridgehead atoms. The maximum absolute atomic E-state index is 13.4. The maximum Gasteiger partial charge on any atom is 0.326 e. The van der Waals surface area contributed by atoms with Gasteiger partial charge >= 0.3 is 11.9 Å². The van der Waals surface area contributed by atoms with E-state index in [1.807, 2.05) is 24.3 Å². The largest absolute Gasteiger partial charge is 0.508 e. The molecule has 3 aromatic rings. The fourth-order valence-electron chi connectivity index (χ4n) is 4.23. The summed E-state index contributed by atoms with van der Waals surface area (Å²) in [6, 6.07) is 8.19. The topological polar surface area (TPSA) is 224 Å². The summed E-state index contributed by atoms with van der Waals surface area (Å²) in [6.45, 7) is 0. The van der Waals surface area contributed by atoms with Crippen molar-refractivity contribution in [3.8, 4) is 5.75 Å². The molecule has 3 amide bonds. The number of phenols is 1. The Morgan fingerprint density at radius 1 is 0.833 bits per heavy atom. The molecule has 0 radical (unpaired) electrons. The lowest BCUT2D eigenvalue weighted by Crippen LogP contribution is -2.58. The maximum atomic E-state index is 13.4. The SMILES string of the molecule is NC(CCC(=O)O)C(=O)NC(CS)C(=O)NC(Cc1ccc(O)cc1)C(=O)NC(Cc1c[nH]c2ccccc12)C(=O)O. The van der Waals surface area contributed by atoms with Gasteiger partial charge < -0.3 is 42.0 Å². The molecule has 3 rings (SSSR count). The molecule has 0 aliphatic heterocycles. The second-order valence-electron chi connectivity index (χ2n) is 9.68. The van der Waals surface area contributed by atoms with Crippen LogP contribution in [-0.4, -0.2) is 79.9 Å². The van der Waals surface area contributed by atoms with Crippen molar-refractivity contribution in [2.45, 2.75) is 49.9 Å². The van der Waals surface area contributed by atoms with Gasteiger partial charge in [0.25, 0.3) is 0 Å². The van der Waals surface area contributed by atoms with Gasteiger partial charge in [-0.1, -0.05) is 30.3 Å². The highest BCUT2D eigenvalue weighted by Crippen LogP contribution is 2.19. The second-order valence-corrected chi connectivity index (χ2v) is 10.0. The summed E-state index contributed by atoms with van der Waals surface area (Å²) < 4.78 is 0. The van der Waals surface area contributed by atoms with E-state index in [1.54, 1.807) is 18.3 Å². The molecule has 0 saturated heterocycles. The number of carbonyl (C=O) groups excluding carboxylic acids is 3. The van der Waals surface area contributed by atoms with Crippen molar-refractivity contribution in [3.05, 3.63) is 65.9 Å². The first kappa shape index (κ1) is 32.0. The summed E-state index contributed by atoms with van der Waals surface area (Å²) in [5.41, 5.74) is 7.77.